The van der Waals surface area contributed by atoms with Crippen molar-refractivity contribution in [3.63, 3.8) is 0 Å². The van der Waals surface area contributed by atoms with Crippen LogP contribution in [0.4, 0.5) is 0 Å². The second kappa shape index (κ2) is 6.71. The second-order valence-corrected chi connectivity index (χ2v) is 7.44. The molecule has 25 heavy (non-hydrogen) atoms. The molecule has 0 bridgehead atoms. The number of aromatic nitrogens is 3. The summed E-state index contributed by atoms with van der Waals surface area (Å²) in [7, 11) is 3.15. The summed E-state index contributed by atoms with van der Waals surface area (Å²) in [6, 6.07) is 5.78. The predicted octanol–water partition coefficient (Wildman–Crippen LogP) is 3.48. The molecule has 0 N–H and O–H groups in total. The minimum Gasteiger partial charge on any atom is -0.493 e. The Morgan fingerprint density at radius 2 is 1.92 bits per heavy atom. The van der Waals surface area contributed by atoms with Gasteiger partial charge in [0, 0.05) is 17.5 Å². The standard InChI is InChI=1S/C18H21N3O3S/c1-23-15-8-5-12(9-16(15)24-2)14(22)10-25-18-20-19-17(11-3-4-11)21(18)13-6-7-13/h5,8-9,11,13H,3-4,6-7,10H2,1-2H3. The smallest absolute Gasteiger partial charge is 0.191 e. The Labute approximate surface area is 150 Å². The molecule has 2 fully saturated rings. The Morgan fingerprint density at radius 1 is 1.16 bits per heavy atom. The molecule has 1 aromatic carbocycles. The van der Waals surface area contributed by atoms with Crippen LogP contribution in [0.3, 0.4) is 0 Å². The first-order chi connectivity index (χ1) is 12.2. The molecule has 2 aromatic rings. The summed E-state index contributed by atoms with van der Waals surface area (Å²) in [6.07, 6.45) is 4.80. The number of hydrogen-bond donors (Lipinski definition) is 0. The largest absolute Gasteiger partial charge is 0.493 e. The summed E-state index contributed by atoms with van der Waals surface area (Å²) in [5.41, 5.74) is 0.616. The molecule has 7 heteroatoms. The van der Waals surface area contributed by atoms with Gasteiger partial charge in [0.15, 0.2) is 22.4 Å². The van der Waals surface area contributed by atoms with E-state index in [1.165, 1.54) is 37.4 Å². The van der Waals surface area contributed by atoms with E-state index < -0.39 is 0 Å². The zero-order valence-corrected chi connectivity index (χ0v) is 15.2. The molecule has 6 nitrogen and oxygen atoms in total. The van der Waals surface area contributed by atoms with Gasteiger partial charge in [0.25, 0.3) is 0 Å². The highest BCUT2D eigenvalue weighted by atomic mass is 32.2. The summed E-state index contributed by atoms with van der Waals surface area (Å²) in [5.74, 6) is 3.26. The number of nitrogens with zero attached hydrogens (tertiary/aromatic N) is 3. The first-order valence-electron chi connectivity index (χ1n) is 8.54. The van der Waals surface area contributed by atoms with E-state index in [1.54, 1.807) is 32.4 Å². The van der Waals surface area contributed by atoms with E-state index in [2.05, 4.69) is 14.8 Å². The average Bonchev–Trinajstić information content (AvgIpc) is 3.57. The van der Waals surface area contributed by atoms with Crippen LogP contribution in [0, 0.1) is 0 Å². The summed E-state index contributed by atoms with van der Waals surface area (Å²) < 4.78 is 12.8. The van der Waals surface area contributed by atoms with E-state index in [-0.39, 0.29) is 5.78 Å². The van der Waals surface area contributed by atoms with Gasteiger partial charge in [0.05, 0.1) is 20.0 Å². The Balaban J connectivity index is 1.47. The Morgan fingerprint density at radius 3 is 2.56 bits per heavy atom. The summed E-state index contributed by atoms with van der Waals surface area (Å²) in [6.45, 7) is 0. The lowest BCUT2D eigenvalue weighted by molar-refractivity contribution is 0.102. The molecule has 0 radical (unpaired) electrons. The molecular formula is C18H21N3O3S. The summed E-state index contributed by atoms with van der Waals surface area (Å²) >= 11 is 1.48. The number of ketones is 1. The van der Waals surface area contributed by atoms with Crippen LogP contribution in [0.25, 0.3) is 0 Å². The molecule has 4 rings (SSSR count). The second-order valence-electron chi connectivity index (χ2n) is 6.50. The molecule has 2 aliphatic carbocycles. The molecule has 132 valence electrons. The Bertz CT molecular complexity index is 797. The maximum absolute atomic E-state index is 12.6. The van der Waals surface area contributed by atoms with E-state index in [0.717, 1.165) is 11.0 Å². The quantitative estimate of drug-likeness (QED) is 0.531. The van der Waals surface area contributed by atoms with Gasteiger partial charge >= 0.3 is 0 Å². The number of Topliss-reactive ketones (excluding diaryl/α,β-unsaturated/α-hetero) is 1. The van der Waals surface area contributed by atoms with Crippen LogP contribution in [-0.2, 0) is 0 Å². The first-order valence-corrected chi connectivity index (χ1v) is 9.52. The van der Waals surface area contributed by atoms with Crippen LogP contribution in [0.2, 0.25) is 0 Å². The molecule has 0 aliphatic heterocycles. The van der Waals surface area contributed by atoms with Gasteiger partial charge in [-0.1, -0.05) is 11.8 Å². The number of methoxy groups -OCH3 is 2. The van der Waals surface area contributed by atoms with Gasteiger partial charge in [0.2, 0.25) is 0 Å². The van der Waals surface area contributed by atoms with Gasteiger partial charge in [-0.3, -0.25) is 4.79 Å². The molecular weight excluding hydrogens is 338 g/mol. The van der Waals surface area contributed by atoms with Gasteiger partial charge in [-0.15, -0.1) is 10.2 Å². The number of ether oxygens (including phenoxy) is 2. The van der Waals surface area contributed by atoms with E-state index in [9.17, 15) is 4.79 Å². The predicted molar refractivity (Wildman–Crippen MR) is 94.9 cm³/mol. The van der Waals surface area contributed by atoms with Crippen molar-refractivity contribution in [3.05, 3.63) is 29.6 Å². The SMILES string of the molecule is COc1ccc(C(=O)CSc2nnc(C3CC3)n2C2CC2)cc1OC. The molecule has 1 heterocycles. The van der Waals surface area contributed by atoms with Crippen LogP contribution in [-0.4, -0.2) is 40.5 Å². The highest BCUT2D eigenvalue weighted by Gasteiger charge is 2.36. The molecule has 0 saturated heterocycles. The van der Waals surface area contributed by atoms with Crippen LogP contribution in [0.5, 0.6) is 11.5 Å². The highest BCUT2D eigenvalue weighted by molar-refractivity contribution is 7.99. The zero-order valence-electron chi connectivity index (χ0n) is 14.4. The van der Waals surface area contributed by atoms with Crippen molar-refractivity contribution in [2.45, 2.75) is 42.8 Å². The fourth-order valence-electron chi connectivity index (χ4n) is 2.91. The molecule has 0 amide bonds. The van der Waals surface area contributed by atoms with E-state index in [0.29, 0.717) is 34.8 Å². The van der Waals surface area contributed by atoms with Crippen LogP contribution < -0.4 is 9.47 Å². The van der Waals surface area contributed by atoms with Crippen LogP contribution >= 0.6 is 11.8 Å². The van der Waals surface area contributed by atoms with Gasteiger partial charge < -0.3 is 14.0 Å². The van der Waals surface area contributed by atoms with E-state index >= 15 is 0 Å². The third kappa shape index (κ3) is 3.38. The number of benzene rings is 1. The monoisotopic (exact) mass is 359 g/mol. The van der Waals surface area contributed by atoms with Crippen LogP contribution in [0.1, 0.15) is 53.8 Å². The average molecular weight is 359 g/mol. The van der Waals surface area contributed by atoms with E-state index in [4.69, 9.17) is 9.47 Å². The molecule has 2 aliphatic rings. The normalized spacial score (nSPS) is 16.7. The number of thioether (sulfide) groups is 1. The molecule has 0 atom stereocenters. The third-order valence-corrected chi connectivity index (χ3v) is 5.53. The fourth-order valence-corrected chi connectivity index (χ4v) is 3.81. The minimum atomic E-state index is 0.0456. The number of rotatable bonds is 8. The molecule has 0 spiro atoms. The first kappa shape index (κ1) is 16.4. The Hall–Kier alpha value is -2.02. The molecule has 0 unspecified atom stereocenters. The summed E-state index contributed by atoms with van der Waals surface area (Å²) in [4.78, 5) is 12.6. The van der Waals surface area contributed by atoms with Gasteiger partial charge in [-0.2, -0.15) is 0 Å². The lowest BCUT2D eigenvalue weighted by Crippen LogP contribution is -2.06. The fraction of sp³-hybridized carbons (Fsp3) is 0.500. The lowest BCUT2D eigenvalue weighted by atomic mass is 10.1. The molecule has 1 aromatic heterocycles. The van der Waals surface area contributed by atoms with Gasteiger partial charge in [0.1, 0.15) is 5.82 Å². The van der Waals surface area contributed by atoms with Crippen molar-refractivity contribution in [2.24, 2.45) is 0 Å². The maximum atomic E-state index is 12.6. The number of carbonyl (C=O) groups excluding carboxylic acids is 1. The zero-order chi connectivity index (χ0) is 17.4. The van der Waals surface area contributed by atoms with Crippen molar-refractivity contribution < 1.29 is 14.3 Å². The van der Waals surface area contributed by atoms with Crippen LogP contribution in [0.15, 0.2) is 23.4 Å². The van der Waals surface area contributed by atoms with Crippen molar-refractivity contribution in [1.29, 1.82) is 0 Å². The minimum absolute atomic E-state index is 0.0456. The number of hydrogen-bond acceptors (Lipinski definition) is 6. The van der Waals surface area contributed by atoms with Crippen molar-refractivity contribution in [2.75, 3.05) is 20.0 Å². The van der Waals surface area contributed by atoms with E-state index in [1.807, 2.05) is 0 Å². The van der Waals surface area contributed by atoms with Gasteiger partial charge in [-0.25, -0.2) is 0 Å². The topological polar surface area (TPSA) is 66.2 Å². The van der Waals surface area contributed by atoms with Gasteiger partial charge in [-0.05, 0) is 43.9 Å². The molecule has 2 saturated carbocycles. The highest BCUT2D eigenvalue weighted by Crippen LogP contribution is 2.46. The van der Waals surface area contributed by atoms with Crippen molar-refractivity contribution in [1.82, 2.24) is 14.8 Å². The van der Waals surface area contributed by atoms with Crippen molar-refractivity contribution in [3.8, 4) is 11.5 Å². The number of carbonyl (C=O) groups is 1. The third-order valence-electron chi connectivity index (χ3n) is 4.58. The lowest BCUT2D eigenvalue weighted by Gasteiger charge is -2.10. The summed E-state index contributed by atoms with van der Waals surface area (Å²) in [5, 5.41) is 9.60. The van der Waals surface area contributed by atoms with Crippen molar-refractivity contribution >= 4 is 17.5 Å². The Kier molecular flexibility index (Phi) is 4.41. The maximum Gasteiger partial charge on any atom is 0.191 e.